The maximum atomic E-state index is 10.6. The van der Waals surface area contributed by atoms with Gasteiger partial charge in [-0.15, -0.1) is 0 Å². The molecule has 0 unspecified atom stereocenters. The minimum Gasteiger partial charge on any atom is -0.480 e. The first-order chi connectivity index (χ1) is 7.08. The number of aliphatic carboxylic acids is 1. The minimum absolute atomic E-state index is 0.209. The second-order valence-corrected chi connectivity index (χ2v) is 4.47. The van der Waals surface area contributed by atoms with Gasteiger partial charge in [0, 0.05) is 5.02 Å². The number of aromatic nitrogens is 1. The molecule has 2 N–H and O–H groups in total. The highest BCUT2D eigenvalue weighted by Crippen LogP contribution is 2.21. The van der Waals surface area contributed by atoms with Crippen LogP contribution in [0.2, 0.25) is 5.02 Å². The van der Waals surface area contributed by atoms with Crippen molar-refractivity contribution >= 4 is 39.1 Å². The number of nitrogens with zero attached hydrogens (tertiary/aromatic N) is 1. The number of fused-ring (bicyclic) bond motifs is 1. The maximum absolute atomic E-state index is 10.6. The van der Waals surface area contributed by atoms with Gasteiger partial charge in [0.2, 0.25) is 0 Å². The number of benzene rings is 1. The summed E-state index contributed by atoms with van der Waals surface area (Å²) in [6.07, 6.45) is 0. The van der Waals surface area contributed by atoms with Gasteiger partial charge in [-0.25, -0.2) is 0 Å². The number of nitrogens with one attached hydrogen (secondary N) is 1. The fourth-order valence-electron chi connectivity index (χ4n) is 1.35. The van der Waals surface area contributed by atoms with Crippen molar-refractivity contribution in [3.63, 3.8) is 0 Å². The average molecular weight is 243 g/mol. The zero-order valence-electron chi connectivity index (χ0n) is 7.53. The number of carboxylic acid groups (broad SMARTS) is 1. The SMILES string of the molecule is N=c1sc2ccc(Cl)cc2n1CC(=O)O. The predicted molar refractivity (Wildman–Crippen MR) is 58.3 cm³/mol. The summed E-state index contributed by atoms with van der Waals surface area (Å²) >= 11 is 7.06. The van der Waals surface area contributed by atoms with Crippen LogP contribution in [0, 0.1) is 5.41 Å². The first-order valence-corrected chi connectivity index (χ1v) is 5.32. The Labute approximate surface area is 93.9 Å². The molecule has 6 heteroatoms. The van der Waals surface area contributed by atoms with Crippen molar-refractivity contribution < 1.29 is 9.90 Å². The van der Waals surface area contributed by atoms with E-state index in [1.807, 2.05) is 0 Å². The number of rotatable bonds is 2. The van der Waals surface area contributed by atoms with Crippen LogP contribution in [0.15, 0.2) is 18.2 Å². The third kappa shape index (κ3) is 1.88. The fraction of sp³-hybridized carbons (Fsp3) is 0.111. The molecule has 0 fully saturated rings. The van der Waals surface area contributed by atoms with Crippen molar-refractivity contribution in [1.29, 1.82) is 5.41 Å². The summed E-state index contributed by atoms with van der Waals surface area (Å²) in [5.74, 6) is -0.965. The first-order valence-electron chi connectivity index (χ1n) is 4.13. The number of thiazole rings is 1. The van der Waals surface area contributed by atoms with Crippen LogP contribution < -0.4 is 4.80 Å². The Hall–Kier alpha value is -1.33. The van der Waals surface area contributed by atoms with Crippen molar-refractivity contribution in [2.24, 2.45) is 0 Å². The molecule has 0 aliphatic carbocycles. The highest BCUT2D eigenvalue weighted by atomic mass is 35.5. The molecule has 2 aromatic rings. The number of hydrogen-bond acceptors (Lipinski definition) is 3. The molecule has 0 aliphatic rings. The highest BCUT2D eigenvalue weighted by molar-refractivity contribution is 7.16. The molecule has 0 amide bonds. The van der Waals surface area contributed by atoms with E-state index in [2.05, 4.69) is 0 Å². The molecule has 1 aromatic carbocycles. The molecule has 0 aliphatic heterocycles. The van der Waals surface area contributed by atoms with Gasteiger partial charge < -0.3 is 9.67 Å². The zero-order chi connectivity index (χ0) is 11.0. The first kappa shape index (κ1) is 10.2. The number of carboxylic acids is 1. The standard InChI is InChI=1S/C9H7ClN2O2S/c10-5-1-2-7-6(3-5)12(4-8(13)14)9(11)15-7/h1-3,11H,4H2,(H,13,14). The number of carbonyl (C=O) groups is 1. The van der Waals surface area contributed by atoms with Crippen LogP contribution in [0.25, 0.3) is 10.2 Å². The van der Waals surface area contributed by atoms with Crippen LogP contribution in [0.4, 0.5) is 0 Å². The second kappa shape index (κ2) is 3.67. The van der Waals surface area contributed by atoms with E-state index in [9.17, 15) is 4.79 Å². The van der Waals surface area contributed by atoms with E-state index in [1.165, 1.54) is 15.9 Å². The summed E-state index contributed by atoms with van der Waals surface area (Å²) in [6, 6.07) is 5.19. The third-order valence-corrected chi connectivity index (χ3v) is 3.17. The maximum Gasteiger partial charge on any atom is 0.323 e. The van der Waals surface area contributed by atoms with Gasteiger partial charge in [-0.3, -0.25) is 10.2 Å². The molecule has 2 rings (SSSR count). The summed E-state index contributed by atoms with van der Waals surface area (Å²) in [4.78, 5) is 10.8. The third-order valence-electron chi connectivity index (χ3n) is 1.96. The normalized spacial score (nSPS) is 10.7. The molecule has 0 radical (unpaired) electrons. The lowest BCUT2D eigenvalue weighted by atomic mass is 10.3. The summed E-state index contributed by atoms with van der Waals surface area (Å²) in [5.41, 5.74) is 0.694. The molecule has 0 atom stereocenters. The molecule has 0 bridgehead atoms. The summed E-state index contributed by atoms with van der Waals surface area (Å²) in [7, 11) is 0. The fourth-order valence-corrected chi connectivity index (χ4v) is 2.41. The van der Waals surface area contributed by atoms with Crippen molar-refractivity contribution in [1.82, 2.24) is 4.57 Å². The quantitative estimate of drug-likeness (QED) is 0.845. The van der Waals surface area contributed by atoms with Crippen molar-refractivity contribution in [2.75, 3.05) is 0 Å². The smallest absolute Gasteiger partial charge is 0.323 e. The van der Waals surface area contributed by atoms with E-state index in [-0.39, 0.29) is 11.3 Å². The molecule has 78 valence electrons. The van der Waals surface area contributed by atoms with E-state index in [0.29, 0.717) is 10.5 Å². The van der Waals surface area contributed by atoms with Gasteiger partial charge in [-0.2, -0.15) is 0 Å². The van der Waals surface area contributed by atoms with E-state index in [0.717, 1.165) is 4.70 Å². The zero-order valence-corrected chi connectivity index (χ0v) is 9.10. The lowest BCUT2D eigenvalue weighted by Gasteiger charge is -2.00. The predicted octanol–water partition coefficient (Wildman–Crippen LogP) is 1.92. The van der Waals surface area contributed by atoms with Crippen LogP contribution in [-0.2, 0) is 11.3 Å². The minimum atomic E-state index is -0.965. The Balaban J connectivity index is 2.70. The summed E-state index contributed by atoms with van der Waals surface area (Å²) < 4.78 is 2.29. The second-order valence-electron chi connectivity index (χ2n) is 3.00. The highest BCUT2D eigenvalue weighted by Gasteiger charge is 2.08. The Morgan fingerprint density at radius 1 is 1.60 bits per heavy atom. The molecular weight excluding hydrogens is 236 g/mol. The number of halogens is 1. The topological polar surface area (TPSA) is 66.1 Å². The van der Waals surface area contributed by atoms with E-state index in [1.54, 1.807) is 18.2 Å². The van der Waals surface area contributed by atoms with Gasteiger partial charge in [0.1, 0.15) is 6.54 Å². The van der Waals surface area contributed by atoms with Crippen LogP contribution in [-0.4, -0.2) is 15.6 Å². The van der Waals surface area contributed by atoms with E-state index >= 15 is 0 Å². The van der Waals surface area contributed by atoms with Crippen molar-refractivity contribution in [3.05, 3.63) is 28.0 Å². The van der Waals surface area contributed by atoms with Gasteiger partial charge >= 0.3 is 5.97 Å². The summed E-state index contributed by atoms with van der Waals surface area (Å²) in [6.45, 7) is -0.209. The Morgan fingerprint density at radius 2 is 2.33 bits per heavy atom. The van der Waals surface area contributed by atoms with Gasteiger partial charge in [0.05, 0.1) is 10.2 Å². The lowest BCUT2D eigenvalue weighted by Crippen LogP contribution is -2.18. The Bertz CT molecular complexity index is 587. The van der Waals surface area contributed by atoms with E-state index in [4.69, 9.17) is 22.1 Å². The van der Waals surface area contributed by atoms with Gasteiger partial charge in [0.15, 0.2) is 4.80 Å². The van der Waals surface area contributed by atoms with Gasteiger partial charge in [-0.05, 0) is 18.2 Å². The van der Waals surface area contributed by atoms with Crippen molar-refractivity contribution in [2.45, 2.75) is 6.54 Å². The molecule has 0 saturated heterocycles. The molecular formula is C9H7ClN2O2S. The molecule has 1 heterocycles. The van der Waals surface area contributed by atoms with Crippen LogP contribution in [0.1, 0.15) is 0 Å². The van der Waals surface area contributed by atoms with Gasteiger partial charge in [0.25, 0.3) is 0 Å². The van der Waals surface area contributed by atoms with Crippen molar-refractivity contribution in [3.8, 4) is 0 Å². The molecule has 4 nitrogen and oxygen atoms in total. The Kier molecular flexibility index (Phi) is 2.50. The Morgan fingerprint density at radius 3 is 3.00 bits per heavy atom. The van der Waals surface area contributed by atoms with Crippen LogP contribution >= 0.6 is 22.9 Å². The molecule has 0 saturated carbocycles. The molecule has 0 spiro atoms. The largest absolute Gasteiger partial charge is 0.480 e. The van der Waals surface area contributed by atoms with Crippen LogP contribution in [0.5, 0.6) is 0 Å². The molecule has 15 heavy (non-hydrogen) atoms. The number of hydrogen-bond donors (Lipinski definition) is 2. The van der Waals surface area contributed by atoms with Gasteiger partial charge in [-0.1, -0.05) is 22.9 Å². The lowest BCUT2D eigenvalue weighted by molar-refractivity contribution is -0.137. The average Bonchev–Trinajstić information content (AvgIpc) is 2.43. The van der Waals surface area contributed by atoms with Crippen LogP contribution in [0.3, 0.4) is 0 Å². The summed E-state index contributed by atoms with van der Waals surface area (Å²) in [5, 5.41) is 16.9. The van der Waals surface area contributed by atoms with E-state index < -0.39 is 5.97 Å². The monoisotopic (exact) mass is 242 g/mol. The molecule has 1 aromatic heterocycles.